The molecule has 0 aliphatic heterocycles. The van der Waals surface area contributed by atoms with E-state index in [4.69, 9.17) is 5.26 Å². The highest BCUT2D eigenvalue weighted by molar-refractivity contribution is 6.04. The molecule has 4 nitrogen and oxygen atoms in total. The molecule has 1 fully saturated rings. The molecule has 0 aromatic rings. The van der Waals surface area contributed by atoms with Crippen LogP contribution in [0.15, 0.2) is 0 Å². The molecule has 0 bridgehead atoms. The van der Waals surface area contributed by atoms with Crippen molar-refractivity contribution in [2.45, 2.75) is 58.4 Å². The van der Waals surface area contributed by atoms with Crippen molar-refractivity contribution in [2.24, 2.45) is 11.8 Å². The molecule has 1 aliphatic rings. The van der Waals surface area contributed by atoms with Gasteiger partial charge in [0.25, 0.3) is 0 Å². The Hall–Kier alpha value is -1.37. The molecule has 100 valence electrons. The lowest BCUT2D eigenvalue weighted by atomic mass is 9.91. The highest BCUT2D eigenvalue weighted by Crippen LogP contribution is 2.18. The average Bonchev–Trinajstić information content (AvgIpc) is 2.39. The molecular formula is C14H22N2O2. The van der Waals surface area contributed by atoms with E-state index in [1.54, 1.807) is 6.92 Å². The highest BCUT2D eigenvalue weighted by Gasteiger charge is 2.30. The molecule has 4 heteroatoms. The lowest BCUT2D eigenvalue weighted by Gasteiger charge is -2.24. The number of carbonyl (C=O) groups excluding carboxylic acids is 2. The largest absolute Gasteiger partial charge is 0.352 e. The zero-order valence-corrected chi connectivity index (χ0v) is 11.2. The zero-order chi connectivity index (χ0) is 13.5. The standard InChI is InChI=1S/C14H22N2O2/c1-3-10(2)13(17)12(9-15)14(18)16-11-7-5-4-6-8-11/h10-12H,3-8H2,1-2H3,(H,16,18). The van der Waals surface area contributed by atoms with Crippen molar-refractivity contribution < 1.29 is 9.59 Å². The van der Waals surface area contributed by atoms with Gasteiger partial charge in [-0.1, -0.05) is 33.1 Å². The van der Waals surface area contributed by atoms with Crippen molar-refractivity contribution in [3.05, 3.63) is 0 Å². The Morgan fingerprint density at radius 2 is 1.94 bits per heavy atom. The predicted octanol–water partition coefficient (Wildman–Crippen LogP) is 2.19. The molecule has 0 spiro atoms. The first kappa shape index (κ1) is 14.7. The van der Waals surface area contributed by atoms with Crippen LogP contribution >= 0.6 is 0 Å². The SMILES string of the molecule is CCC(C)C(=O)C(C#N)C(=O)NC1CCCCC1. The molecule has 0 radical (unpaired) electrons. The lowest BCUT2D eigenvalue weighted by Crippen LogP contribution is -2.43. The minimum absolute atomic E-state index is 0.145. The van der Waals surface area contributed by atoms with E-state index in [0.29, 0.717) is 6.42 Å². The molecule has 1 amide bonds. The molecule has 1 aliphatic carbocycles. The van der Waals surface area contributed by atoms with E-state index in [0.717, 1.165) is 25.7 Å². The molecule has 0 aromatic carbocycles. The fraction of sp³-hybridized carbons (Fsp3) is 0.786. The Kier molecular flexibility index (Phi) is 5.84. The maximum absolute atomic E-state index is 11.9. The van der Waals surface area contributed by atoms with Gasteiger partial charge in [0.05, 0.1) is 6.07 Å². The normalized spacial score (nSPS) is 19.6. The fourth-order valence-corrected chi connectivity index (χ4v) is 2.27. The van der Waals surface area contributed by atoms with E-state index < -0.39 is 11.8 Å². The van der Waals surface area contributed by atoms with E-state index >= 15 is 0 Å². The second-order valence-corrected chi connectivity index (χ2v) is 5.12. The molecule has 2 atom stereocenters. The summed E-state index contributed by atoms with van der Waals surface area (Å²) in [5.74, 6) is -2.03. The van der Waals surface area contributed by atoms with E-state index in [9.17, 15) is 9.59 Å². The summed E-state index contributed by atoms with van der Waals surface area (Å²) in [5.41, 5.74) is 0. The Morgan fingerprint density at radius 1 is 1.33 bits per heavy atom. The quantitative estimate of drug-likeness (QED) is 0.760. The minimum atomic E-state index is -1.14. The number of nitrogens with one attached hydrogen (secondary N) is 1. The third-order valence-corrected chi connectivity index (χ3v) is 3.73. The van der Waals surface area contributed by atoms with E-state index in [2.05, 4.69) is 5.32 Å². The highest BCUT2D eigenvalue weighted by atomic mass is 16.2. The Labute approximate surface area is 109 Å². The number of rotatable bonds is 5. The predicted molar refractivity (Wildman–Crippen MR) is 68.6 cm³/mol. The van der Waals surface area contributed by atoms with Gasteiger partial charge in [-0.15, -0.1) is 0 Å². The van der Waals surface area contributed by atoms with Crippen LogP contribution in [0.2, 0.25) is 0 Å². The summed E-state index contributed by atoms with van der Waals surface area (Å²) in [4.78, 5) is 23.9. The van der Waals surface area contributed by atoms with Crippen LogP contribution < -0.4 is 5.32 Å². The number of ketones is 1. The van der Waals surface area contributed by atoms with Gasteiger partial charge in [-0.05, 0) is 19.3 Å². The summed E-state index contributed by atoms with van der Waals surface area (Å²) in [6, 6.07) is 1.99. The van der Waals surface area contributed by atoms with Gasteiger partial charge in [-0.2, -0.15) is 5.26 Å². The summed E-state index contributed by atoms with van der Waals surface area (Å²) in [6.07, 6.45) is 6.01. The summed E-state index contributed by atoms with van der Waals surface area (Å²) >= 11 is 0. The second kappa shape index (κ2) is 7.15. The maximum atomic E-state index is 11.9. The van der Waals surface area contributed by atoms with Crippen LogP contribution in [0.3, 0.4) is 0 Å². The van der Waals surface area contributed by atoms with Crippen LogP contribution in [-0.4, -0.2) is 17.7 Å². The number of hydrogen-bond acceptors (Lipinski definition) is 3. The minimum Gasteiger partial charge on any atom is -0.352 e. The van der Waals surface area contributed by atoms with Crippen LogP contribution in [0.4, 0.5) is 0 Å². The number of carbonyl (C=O) groups is 2. The molecule has 0 aromatic heterocycles. The average molecular weight is 250 g/mol. The number of nitriles is 1. The molecule has 0 heterocycles. The third kappa shape index (κ3) is 3.83. The van der Waals surface area contributed by atoms with Gasteiger partial charge in [-0.25, -0.2) is 0 Å². The molecule has 2 unspecified atom stereocenters. The van der Waals surface area contributed by atoms with Crippen molar-refractivity contribution in [3.8, 4) is 6.07 Å². The van der Waals surface area contributed by atoms with Crippen molar-refractivity contribution in [1.82, 2.24) is 5.32 Å². The van der Waals surface area contributed by atoms with Crippen molar-refractivity contribution in [3.63, 3.8) is 0 Å². The first-order chi connectivity index (χ1) is 8.60. The van der Waals surface area contributed by atoms with Crippen molar-refractivity contribution in [1.29, 1.82) is 5.26 Å². The van der Waals surface area contributed by atoms with Gasteiger partial charge in [0, 0.05) is 12.0 Å². The van der Waals surface area contributed by atoms with E-state index in [-0.39, 0.29) is 17.7 Å². The van der Waals surface area contributed by atoms with Gasteiger partial charge in [0.1, 0.15) is 0 Å². The first-order valence-corrected chi connectivity index (χ1v) is 6.83. The Balaban J connectivity index is 2.56. The lowest BCUT2D eigenvalue weighted by molar-refractivity contribution is -0.134. The van der Waals surface area contributed by atoms with Gasteiger partial charge in [0.15, 0.2) is 11.7 Å². The first-order valence-electron chi connectivity index (χ1n) is 6.83. The van der Waals surface area contributed by atoms with Crippen molar-refractivity contribution >= 4 is 11.7 Å². The topological polar surface area (TPSA) is 70.0 Å². The summed E-state index contributed by atoms with van der Waals surface area (Å²) < 4.78 is 0. The molecular weight excluding hydrogens is 228 g/mol. The number of Topliss-reactive ketones (excluding diaryl/α,β-unsaturated/α-hetero) is 1. The Morgan fingerprint density at radius 3 is 2.44 bits per heavy atom. The third-order valence-electron chi connectivity index (χ3n) is 3.73. The molecule has 1 saturated carbocycles. The number of nitrogens with zero attached hydrogens (tertiary/aromatic N) is 1. The number of hydrogen-bond donors (Lipinski definition) is 1. The van der Waals surface area contributed by atoms with E-state index in [1.165, 1.54) is 6.42 Å². The molecule has 1 N–H and O–H groups in total. The van der Waals surface area contributed by atoms with Crippen LogP contribution in [0.5, 0.6) is 0 Å². The van der Waals surface area contributed by atoms with Gasteiger partial charge in [-0.3, -0.25) is 9.59 Å². The van der Waals surface area contributed by atoms with Crippen LogP contribution in [-0.2, 0) is 9.59 Å². The number of amides is 1. The van der Waals surface area contributed by atoms with Crippen molar-refractivity contribution in [2.75, 3.05) is 0 Å². The second-order valence-electron chi connectivity index (χ2n) is 5.12. The summed E-state index contributed by atoms with van der Waals surface area (Å²) in [7, 11) is 0. The van der Waals surface area contributed by atoms with Gasteiger partial charge in [0.2, 0.25) is 5.91 Å². The molecule has 1 rings (SSSR count). The van der Waals surface area contributed by atoms with Crippen LogP contribution in [0.1, 0.15) is 52.4 Å². The fourth-order valence-electron chi connectivity index (χ4n) is 2.27. The summed E-state index contributed by atoms with van der Waals surface area (Å²) in [5, 5.41) is 11.9. The Bertz CT molecular complexity index is 340. The van der Waals surface area contributed by atoms with Crippen LogP contribution in [0.25, 0.3) is 0 Å². The van der Waals surface area contributed by atoms with E-state index in [1.807, 2.05) is 13.0 Å². The van der Waals surface area contributed by atoms with Crippen LogP contribution in [0, 0.1) is 23.2 Å². The molecule has 18 heavy (non-hydrogen) atoms. The van der Waals surface area contributed by atoms with Gasteiger partial charge >= 0.3 is 0 Å². The zero-order valence-electron chi connectivity index (χ0n) is 11.2. The smallest absolute Gasteiger partial charge is 0.245 e. The summed E-state index contributed by atoms with van der Waals surface area (Å²) in [6.45, 7) is 3.65. The van der Waals surface area contributed by atoms with Gasteiger partial charge < -0.3 is 5.32 Å². The monoisotopic (exact) mass is 250 g/mol. The maximum Gasteiger partial charge on any atom is 0.245 e. The molecule has 0 saturated heterocycles.